The molecule has 0 aromatic heterocycles. The monoisotopic (exact) mass is 427 g/mol. The van der Waals surface area contributed by atoms with Crippen LogP contribution in [0, 0.1) is 5.92 Å². The zero-order chi connectivity index (χ0) is 17.2. The standard InChI is InChI=1S/C16H23Cl2N3O2S.ClH/c17-15-2-1-14(11-16(15)18)24(22,23)21-9-7-20(8-10-21)12-13-3-5-19-6-4-13;/h1-2,11,13,19H,3-10,12H2;1H. The number of piperazine rings is 1. The Hall–Kier alpha value is -0.0800. The van der Waals surface area contributed by atoms with Gasteiger partial charge in [-0.2, -0.15) is 4.31 Å². The summed E-state index contributed by atoms with van der Waals surface area (Å²) in [4.78, 5) is 2.60. The van der Waals surface area contributed by atoms with Gasteiger partial charge in [-0.25, -0.2) is 8.42 Å². The van der Waals surface area contributed by atoms with Crippen molar-refractivity contribution in [1.29, 1.82) is 0 Å². The summed E-state index contributed by atoms with van der Waals surface area (Å²) in [7, 11) is -3.50. The Bertz CT molecular complexity index is 673. The summed E-state index contributed by atoms with van der Waals surface area (Å²) in [6, 6.07) is 4.48. The number of piperidine rings is 1. The third kappa shape index (κ3) is 5.22. The van der Waals surface area contributed by atoms with Crippen molar-refractivity contribution >= 4 is 45.6 Å². The quantitative estimate of drug-likeness (QED) is 0.801. The van der Waals surface area contributed by atoms with E-state index in [4.69, 9.17) is 23.2 Å². The maximum Gasteiger partial charge on any atom is 0.243 e. The predicted octanol–water partition coefficient (Wildman–Crippen LogP) is 2.72. The molecule has 2 fully saturated rings. The summed E-state index contributed by atoms with van der Waals surface area (Å²) in [5, 5.41) is 4.01. The molecule has 0 atom stereocenters. The molecule has 2 aliphatic rings. The molecule has 0 radical (unpaired) electrons. The fourth-order valence-corrected chi connectivity index (χ4v) is 5.18. The summed E-state index contributed by atoms with van der Waals surface area (Å²) in [6.07, 6.45) is 2.42. The molecule has 2 aliphatic heterocycles. The van der Waals surface area contributed by atoms with Gasteiger partial charge in [-0.15, -0.1) is 12.4 Å². The molecule has 142 valence electrons. The molecule has 2 saturated heterocycles. The minimum absolute atomic E-state index is 0. The van der Waals surface area contributed by atoms with Crippen LogP contribution in [0.4, 0.5) is 0 Å². The molecule has 2 heterocycles. The molecule has 0 spiro atoms. The molecule has 1 N–H and O–H groups in total. The lowest BCUT2D eigenvalue weighted by atomic mass is 9.97. The van der Waals surface area contributed by atoms with Gasteiger partial charge < -0.3 is 10.2 Å². The smallest absolute Gasteiger partial charge is 0.243 e. The predicted molar refractivity (Wildman–Crippen MR) is 105 cm³/mol. The minimum Gasteiger partial charge on any atom is -0.317 e. The third-order valence-corrected chi connectivity index (χ3v) is 7.47. The molecule has 0 aliphatic carbocycles. The van der Waals surface area contributed by atoms with Crippen molar-refractivity contribution in [3.05, 3.63) is 28.2 Å². The normalized spacial score (nSPS) is 21.0. The Morgan fingerprint density at radius 3 is 2.28 bits per heavy atom. The van der Waals surface area contributed by atoms with Gasteiger partial charge in [-0.05, 0) is 50.0 Å². The van der Waals surface area contributed by atoms with Crippen molar-refractivity contribution in [3.8, 4) is 0 Å². The van der Waals surface area contributed by atoms with Gasteiger partial charge in [0, 0.05) is 32.7 Å². The first-order valence-electron chi connectivity index (χ1n) is 8.35. The summed E-state index contributed by atoms with van der Waals surface area (Å²) < 4.78 is 27.0. The van der Waals surface area contributed by atoms with E-state index in [2.05, 4.69) is 10.2 Å². The highest BCUT2D eigenvalue weighted by Crippen LogP contribution is 2.27. The molecule has 0 saturated carbocycles. The molecule has 3 rings (SSSR count). The molecular formula is C16H24Cl3N3O2S. The van der Waals surface area contributed by atoms with Crippen LogP contribution in [0.2, 0.25) is 10.0 Å². The Balaban J connectivity index is 0.00000225. The van der Waals surface area contributed by atoms with Gasteiger partial charge in [0.25, 0.3) is 0 Å². The fourth-order valence-electron chi connectivity index (χ4n) is 3.37. The Labute approximate surface area is 166 Å². The molecule has 5 nitrogen and oxygen atoms in total. The molecule has 1 aromatic carbocycles. The van der Waals surface area contributed by atoms with E-state index in [9.17, 15) is 8.42 Å². The average molecular weight is 429 g/mol. The second kappa shape index (κ2) is 9.22. The SMILES string of the molecule is Cl.O=S(=O)(c1ccc(Cl)c(Cl)c1)N1CCN(CC2CCNCC2)CC1. The topological polar surface area (TPSA) is 52.7 Å². The van der Waals surface area contributed by atoms with Gasteiger partial charge in [-0.1, -0.05) is 23.2 Å². The van der Waals surface area contributed by atoms with Gasteiger partial charge >= 0.3 is 0 Å². The van der Waals surface area contributed by atoms with Gasteiger partial charge in [0.15, 0.2) is 0 Å². The van der Waals surface area contributed by atoms with Crippen LogP contribution in [0.15, 0.2) is 23.1 Å². The second-order valence-corrected chi connectivity index (χ2v) is 9.23. The van der Waals surface area contributed by atoms with E-state index in [1.807, 2.05) is 0 Å². The number of halogens is 3. The van der Waals surface area contributed by atoms with Crippen LogP contribution in [0.5, 0.6) is 0 Å². The summed E-state index contributed by atoms with van der Waals surface area (Å²) in [6.45, 7) is 5.87. The van der Waals surface area contributed by atoms with Crippen molar-refractivity contribution in [2.24, 2.45) is 5.92 Å². The number of hydrogen-bond acceptors (Lipinski definition) is 4. The number of nitrogens with one attached hydrogen (secondary N) is 1. The summed E-state index contributed by atoms with van der Waals surface area (Å²) in [5.41, 5.74) is 0. The van der Waals surface area contributed by atoms with E-state index in [1.54, 1.807) is 4.31 Å². The van der Waals surface area contributed by atoms with Crippen LogP contribution >= 0.6 is 35.6 Å². The Morgan fingerprint density at radius 2 is 1.68 bits per heavy atom. The molecular weight excluding hydrogens is 405 g/mol. The summed E-state index contributed by atoms with van der Waals surface area (Å²) in [5.74, 6) is 0.726. The molecule has 0 unspecified atom stereocenters. The fraction of sp³-hybridized carbons (Fsp3) is 0.625. The molecule has 0 bridgehead atoms. The minimum atomic E-state index is -3.50. The van der Waals surface area contributed by atoms with E-state index in [1.165, 1.54) is 31.0 Å². The Morgan fingerprint density at radius 1 is 1.04 bits per heavy atom. The first-order valence-corrected chi connectivity index (χ1v) is 10.5. The van der Waals surface area contributed by atoms with Crippen LogP contribution in [-0.4, -0.2) is 63.4 Å². The number of hydrogen-bond donors (Lipinski definition) is 1. The lowest BCUT2D eigenvalue weighted by Crippen LogP contribution is -2.50. The van der Waals surface area contributed by atoms with E-state index < -0.39 is 10.0 Å². The van der Waals surface area contributed by atoms with Crippen molar-refractivity contribution < 1.29 is 8.42 Å². The highest BCUT2D eigenvalue weighted by Gasteiger charge is 2.29. The number of benzene rings is 1. The Kier molecular flexibility index (Phi) is 7.83. The van der Waals surface area contributed by atoms with Crippen molar-refractivity contribution in [3.63, 3.8) is 0 Å². The van der Waals surface area contributed by atoms with Gasteiger partial charge in [0.1, 0.15) is 0 Å². The third-order valence-electron chi connectivity index (χ3n) is 4.84. The second-order valence-electron chi connectivity index (χ2n) is 6.47. The highest BCUT2D eigenvalue weighted by molar-refractivity contribution is 7.89. The van der Waals surface area contributed by atoms with E-state index >= 15 is 0 Å². The average Bonchev–Trinajstić information content (AvgIpc) is 2.58. The van der Waals surface area contributed by atoms with Crippen molar-refractivity contribution in [2.75, 3.05) is 45.8 Å². The summed E-state index contributed by atoms with van der Waals surface area (Å²) >= 11 is 11.8. The van der Waals surface area contributed by atoms with E-state index in [-0.39, 0.29) is 22.3 Å². The van der Waals surface area contributed by atoms with Crippen LogP contribution in [0.1, 0.15) is 12.8 Å². The molecule has 25 heavy (non-hydrogen) atoms. The van der Waals surface area contributed by atoms with Crippen LogP contribution in [-0.2, 0) is 10.0 Å². The lowest BCUT2D eigenvalue weighted by Gasteiger charge is -2.36. The zero-order valence-corrected chi connectivity index (χ0v) is 17.1. The molecule has 9 heteroatoms. The lowest BCUT2D eigenvalue weighted by molar-refractivity contribution is 0.152. The van der Waals surface area contributed by atoms with Crippen molar-refractivity contribution in [1.82, 2.24) is 14.5 Å². The molecule has 1 aromatic rings. The maximum absolute atomic E-state index is 12.7. The van der Waals surface area contributed by atoms with E-state index in [0.717, 1.165) is 38.6 Å². The number of sulfonamides is 1. The first kappa shape index (κ1) is 21.2. The van der Waals surface area contributed by atoms with Crippen LogP contribution in [0.25, 0.3) is 0 Å². The first-order chi connectivity index (χ1) is 11.5. The van der Waals surface area contributed by atoms with Crippen LogP contribution < -0.4 is 5.32 Å². The van der Waals surface area contributed by atoms with Gasteiger partial charge in [0.2, 0.25) is 10.0 Å². The van der Waals surface area contributed by atoms with Crippen LogP contribution in [0.3, 0.4) is 0 Å². The maximum atomic E-state index is 12.7. The van der Waals surface area contributed by atoms with Gasteiger partial charge in [0.05, 0.1) is 14.9 Å². The highest BCUT2D eigenvalue weighted by atomic mass is 35.5. The zero-order valence-electron chi connectivity index (χ0n) is 14.0. The van der Waals surface area contributed by atoms with Crippen molar-refractivity contribution in [2.45, 2.75) is 17.7 Å². The van der Waals surface area contributed by atoms with E-state index in [0.29, 0.717) is 18.1 Å². The largest absolute Gasteiger partial charge is 0.317 e. The van der Waals surface area contributed by atoms with Gasteiger partial charge in [-0.3, -0.25) is 0 Å². The molecule has 0 amide bonds. The number of rotatable bonds is 4. The number of nitrogens with zero attached hydrogens (tertiary/aromatic N) is 2.